The largest absolute Gasteiger partial charge is 0.354 e. The van der Waals surface area contributed by atoms with Gasteiger partial charge in [-0.2, -0.15) is 55.6 Å². The topological polar surface area (TPSA) is 390 Å². The zero-order valence-electron chi connectivity index (χ0n) is 45.5. The highest BCUT2D eigenvalue weighted by molar-refractivity contribution is 7.87. The molecular weight excluding hydrogens is 1290 g/mol. The number of nitrogens with one attached hydrogen (secondary N) is 5. The molecule has 0 atom stereocenters. The first-order valence-electron chi connectivity index (χ1n) is 26.2. The molecule has 0 amide bonds. The van der Waals surface area contributed by atoms with Gasteiger partial charge in [-0.15, -0.1) is 0 Å². The molecule has 0 spiro atoms. The van der Waals surface area contributed by atoms with E-state index in [0.717, 1.165) is 35.4 Å². The van der Waals surface area contributed by atoms with E-state index in [9.17, 15) is 69.4 Å². The Labute approximate surface area is 512 Å². The number of hydrogen-bond donors (Lipinski definition) is 11. The van der Waals surface area contributed by atoms with Gasteiger partial charge < -0.3 is 16.0 Å². The van der Waals surface area contributed by atoms with Crippen LogP contribution < -0.4 is 31.9 Å². The highest BCUT2D eigenvalue weighted by Gasteiger charge is 2.35. The predicted octanol–water partition coefficient (Wildman–Crippen LogP) is 12.2. The molecule has 0 aliphatic carbocycles. The van der Waals surface area contributed by atoms with Gasteiger partial charge in [-0.25, -0.2) is 0 Å². The quantitative estimate of drug-likeness (QED) is 0.0298. The van der Waals surface area contributed by atoms with E-state index in [2.05, 4.69) is 26.8 Å². The summed E-state index contributed by atoms with van der Waals surface area (Å²) in [5, 5.41) is 10.8. The lowest BCUT2D eigenvalue weighted by molar-refractivity contribution is 0.481. The molecule has 458 valence electrons. The molecule has 0 bridgehead atoms. The van der Waals surface area contributed by atoms with Crippen molar-refractivity contribution in [1.29, 1.82) is 0 Å². The van der Waals surface area contributed by atoms with Gasteiger partial charge in [0.05, 0.1) is 32.5 Å². The van der Waals surface area contributed by atoms with Gasteiger partial charge in [0.2, 0.25) is 0 Å². The highest BCUT2D eigenvalue weighted by atomic mass is 32.2. The molecule has 0 aliphatic rings. The molecule has 0 saturated carbocycles. The Bertz CT molecular complexity index is 5790. The van der Waals surface area contributed by atoms with Crippen LogP contribution in [0.1, 0.15) is 0 Å². The number of hydrogen-bond acceptors (Lipinski definition) is 18. The maximum Gasteiger partial charge on any atom is 0.297 e. The minimum Gasteiger partial charge on any atom is -0.354 e. The summed E-state index contributed by atoms with van der Waals surface area (Å²) in [6.07, 6.45) is 0. The van der Waals surface area contributed by atoms with Crippen LogP contribution in [0, 0.1) is 0 Å². The van der Waals surface area contributed by atoms with Gasteiger partial charge >= 0.3 is 0 Å². The van der Waals surface area contributed by atoms with Crippen LogP contribution in [-0.4, -0.2) is 77.8 Å². The van der Waals surface area contributed by atoms with E-state index in [1.807, 2.05) is 0 Å². The van der Waals surface area contributed by atoms with Gasteiger partial charge in [0.25, 0.3) is 60.7 Å². The van der Waals surface area contributed by atoms with E-state index in [1.165, 1.54) is 127 Å². The highest BCUT2D eigenvalue weighted by Crippen LogP contribution is 2.53. The van der Waals surface area contributed by atoms with Crippen LogP contribution in [0.25, 0.3) is 64.6 Å². The van der Waals surface area contributed by atoms with Crippen LogP contribution >= 0.6 is 0 Å². The van der Waals surface area contributed by atoms with E-state index in [4.69, 9.17) is 0 Å². The first kappa shape index (κ1) is 60.7. The van der Waals surface area contributed by atoms with Crippen LogP contribution in [0.5, 0.6) is 0 Å². The van der Waals surface area contributed by atoms with E-state index >= 15 is 8.42 Å². The van der Waals surface area contributed by atoms with Gasteiger partial charge in [-0.1, -0.05) is 133 Å². The SMILES string of the molecule is O=S(=O)(O)c1ccc2c(Nc3c(N(Nc4cc5ccccc5cc4S(=O)(=O)O)Nc4ccc5ccccc5c4S(=O)(=O)O)c(Nc4cccc5cccc(S(=O)(=O)O)c45)c4cccc(Nc5cc(S(=O)(=O)O)cc6ccccc56)c4c3S(=O)(=O)O)cccc2c1. The smallest absolute Gasteiger partial charge is 0.297 e. The van der Waals surface area contributed by atoms with Crippen LogP contribution in [0.3, 0.4) is 0 Å². The van der Waals surface area contributed by atoms with Gasteiger partial charge in [0, 0.05) is 55.1 Å². The third-order valence-corrected chi connectivity index (χ3v) is 20.0. The van der Waals surface area contributed by atoms with Gasteiger partial charge in [-0.3, -0.25) is 38.2 Å². The van der Waals surface area contributed by atoms with Crippen molar-refractivity contribution in [3.63, 3.8) is 0 Å². The predicted molar refractivity (Wildman–Crippen MR) is 342 cm³/mol. The lowest BCUT2D eigenvalue weighted by atomic mass is 10.0. The molecule has 0 aromatic heterocycles. The second-order valence-corrected chi connectivity index (χ2v) is 28.7. The summed E-state index contributed by atoms with van der Waals surface area (Å²) in [6.45, 7) is 0. The Morgan fingerprint density at radius 1 is 0.278 bits per heavy atom. The van der Waals surface area contributed by atoms with Crippen molar-refractivity contribution in [2.24, 2.45) is 0 Å². The van der Waals surface area contributed by atoms with Gasteiger partial charge in [0.1, 0.15) is 25.3 Å². The summed E-state index contributed by atoms with van der Waals surface area (Å²) in [6, 6.07) is 45.3. The Morgan fingerprint density at radius 2 is 0.767 bits per heavy atom. The fourth-order valence-electron chi connectivity index (χ4n) is 10.9. The monoisotopic (exact) mass is 1330 g/mol. The van der Waals surface area contributed by atoms with Crippen molar-refractivity contribution < 1.29 is 77.8 Å². The normalized spacial score (nSPS) is 12.6. The maximum absolute atomic E-state index is 15.1. The molecule has 12 rings (SSSR count). The number of anilines is 9. The zero-order valence-corrected chi connectivity index (χ0v) is 50.4. The average Bonchev–Trinajstić information content (AvgIpc) is 0.947. The third kappa shape index (κ3) is 11.6. The van der Waals surface area contributed by atoms with Crippen molar-refractivity contribution in [2.75, 3.05) is 31.9 Å². The van der Waals surface area contributed by atoms with Crippen molar-refractivity contribution in [3.05, 3.63) is 200 Å². The molecule has 90 heavy (non-hydrogen) atoms. The van der Waals surface area contributed by atoms with Crippen molar-refractivity contribution >= 4 is 177 Å². The lowest BCUT2D eigenvalue weighted by Crippen LogP contribution is -2.38. The van der Waals surface area contributed by atoms with E-state index < -0.39 is 124 Å². The second kappa shape index (κ2) is 22.2. The summed E-state index contributed by atoms with van der Waals surface area (Å²) >= 11 is 0. The third-order valence-electron chi connectivity index (χ3n) is 14.7. The molecule has 30 heteroatoms. The molecule has 12 aromatic rings. The van der Waals surface area contributed by atoms with Crippen molar-refractivity contribution in [1.82, 2.24) is 0 Å². The van der Waals surface area contributed by atoms with Crippen molar-refractivity contribution in [3.8, 4) is 0 Å². The van der Waals surface area contributed by atoms with E-state index in [0.29, 0.717) is 10.8 Å². The molecule has 12 aromatic carbocycles. The first-order valence-corrected chi connectivity index (χ1v) is 34.8. The fraction of sp³-hybridized carbons (Fsp3) is 0. The summed E-state index contributed by atoms with van der Waals surface area (Å²) < 4.78 is 229. The molecule has 24 nitrogen and oxygen atoms in total. The Balaban J connectivity index is 1.30. The number of benzene rings is 12. The van der Waals surface area contributed by atoms with Crippen LogP contribution in [-0.2, 0) is 60.7 Å². The molecular formula is C60H44N6O18S6. The number of fused-ring (bicyclic) bond motifs is 6. The Morgan fingerprint density at radius 3 is 1.40 bits per heavy atom. The van der Waals surface area contributed by atoms with E-state index in [-0.39, 0.29) is 71.2 Å². The van der Waals surface area contributed by atoms with Gasteiger partial charge in [0.15, 0.2) is 0 Å². The van der Waals surface area contributed by atoms with Crippen LogP contribution in [0.15, 0.2) is 230 Å². The average molecular weight is 1330 g/mol. The Kier molecular flexibility index (Phi) is 15.0. The minimum absolute atomic E-state index is 0.0776. The standard InChI is InChI=1S/C60H44N6O18S6/c67-85(68,69)40-26-27-43-39(29-40)17-8-21-46(43)62-57-58(66(64-49-28-25-34-11-3-6-19-44(34)59(49)89(79,80)81)65-51-31-36-12-1-2-13-37(36)32-53(51)88(76,77)78)56(63-47-22-7-15-35-16-9-24-52(54(35)47)87(73,74)75)45-20-10-23-48(55(45)60(57)90(82,83)84)61-50-33-41(86(70,71)72)30-38-14-4-5-18-42(38)50/h1-33,61-65H,(H,67,68,69)(H,70,71,72)(H,73,74,75)(H,76,77,78)(H,79,80,81)(H,82,83,84). The molecule has 11 N–H and O–H groups in total. The van der Waals surface area contributed by atoms with E-state index in [1.54, 1.807) is 42.5 Å². The van der Waals surface area contributed by atoms with Crippen LogP contribution in [0.4, 0.5) is 51.2 Å². The fourth-order valence-corrected chi connectivity index (χ4v) is 15.1. The molecule has 0 saturated heterocycles. The summed E-state index contributed by atoms with van der Waals surface area (Å²) in [5.74, 6) is 0. The second-order valence-electron chi connectivity index (χ2n) is 20.3. The lowest BCUT2D eigenvalue weighted by Gasteiger charge is -2.34. The number of hydrazine groups is 2. The molecule has 0 fully saturated rings. The molecule has 0 heterocycles. The molecule has 0 radical (unpaired) electrons. The Hall–Kier alpha value is -9.54. The summed E-state index contributed by atoms with van der Waals surface area (Å²) in [4.78, 5) is -4.61. The summed E-state index contributed by atoms with van der Waals surface area (Å²) in [5.41, 5.74) is 2.19. The minimum atomic E-state index is -5.87. The number of rotatable bonds is 17. The van der Waals surface area contributed by atoms with Crippen molar-refractivity contribution in [2.45, 2.75) is 29.4 Å². The zero-order chi connectivity index (χ0) is 64.0. The first-order chi connectivity index (χ1) is 42.4. The number of nitrogens with zero attached hydrogens (tertiary/aromatic N) is 1. The van der Waals surface area contributed by atoms with Crippen LogP contribution in [0.2, 0.25) is 0 Å². The molecule has 0 unspecified atom stereocenters. The van der Waals surface area contributed by atoms with Gasteiger partial charge in [-0.05, 0) is 99.0 Å². The maximum atomic E-state index is 15.1. The summed E-state index contributed by atoms with van der Waals surface area (Å²) in [7, 11) is -31.5. The molecule has 0 aliphatic heterocycles.